The number of aromatic nitrogens is 1. The Morgan fingerprint density at radius 3 is 2.13 bits per heavy atom. The minimum absolute atomic E-state index is 0.0846. The maximum atomic E-state index is 13.4. The highest BCUT2D eigenvalue weighted by atomic mass is 32.2. The van der Waals surface area contributed by atoms with Gasteiger partial charge in [-0.1, -0.05) is 12.1 Å². The fourth-order valence-corrected chi connectivity index (χ4v) is 4.98. The van der Waals surface area contributed by atoms with Gasteiger partial charge in [0.15, 0.2) is 11.6 Å². The number of rotatable bonds is 5. The van der Waals surface area contributed by atoms with Crippen molar-refractivity contribution in [2.45, 2.75) is 11.3 Å². The molecular formula is C22H21F2N3O3S. The Morgan fingerprint density at radius 2 is 1.52 bits per heavy atom. The van der Waals surface area contributed by atoms with E-state index in [9.17, 15) is 22.0 Å². The topological polar surface area (TPSA) is 62.6 Å². The number of piperazine rings is 1. The van der Waals surface area contributed by atoms with E-state index < -0.39 is 21.7 Å². The first-order valence-electron chi connectivity index (χ1n) is 9.80. The van der Waals surface area contributed by atoms with Crippen LogP contribution in [0, 0.1) is 11.6 Å². The largest absolute Gasteiger partial charge is 0.340 e. The van der Waals surface area contributed by atoms with Crippen LogP contribution in [0.2, 0.25) is 0 Å². The van der Waals surface area contributed by atoms with Crippen LogP contribution >= 0.6 is 0 Å². The molecule has 1 aliphatic rings. The molecule has 0 spiro atoms. The molecule has 0 atom stereocenters. The summed E-state index contributed by atoms with van der Waals surface area (Å²) in [5.74, 6) is -2.40. The maximum absolute atomic E-state index is 13.4. The summed E-state index contributed by atoms with van der Waals surface area (Å²) in [6, 6.07) is 14.1. The lowest BCUT2D eigenvalue weighted by Crippen LogP contribution is -2.50. The first-order chi connectivity index (χ1) is 14.8. The van der Waals surface area contributed by atoms with Gasteiger partial charge in [-0.15, -0.1) is 0 Å². The van der Waals surface area contributed by atoms with Crippen LogP contribution in [0.4, 0.5) is 8.78 Å². The van der Waals surface area contributed by atoms with Crippen molar-refractivity contribution in [2.24, 2.45) is 0 Å². The first kappa shape index (κ1) is 21.2. The molecule has 2 aromatic carbocycles. The average Bonchev–Trinajstić information content (AvgIpc) is 3.31. The van der Waals surface area contributed by atoms with Crippen molar-refractivity contribution in [3.8, 4) is 5.69 Å². The summed E-state index contributed by atoms with van der Waals surface area (Å²) in [5.41, 5.74) is 1.87. The van der Waals surface area contributed by atoms with E-state index in [1.807, 2.05) is 53.4 Å². The predicted molar refractivity (Wildman–Crippen MR) is 111 cm³/mol. The SMILES string of the molecule is O=C(Cc1ccc(-n2cccc2)cc1)N1CCN(S(=O)(=O)c2ccc(F)c(F)c2)CC1. The number of amides is 1. The quantitative estimate of drug-likeness (QED) is 0.607. The van der Waals surface area contributed by atoms with Gasteiger partial charge in [-0.2, -0.15) is 4.31 Å². The molecule has 1 aliphatic heterocycles. The number of benzene rings is 2. The third kappa shape index (κ3) is 4.52. The summed E-state index contributed by atoms with van der Waals surface area (Å²) in [4.78, 5) is 14.0. The molecule has 3 aromatic rings. The van der Waals surface area contributed by atoms with Gasteiger partial charge in [0.25, 0.3) is 0 Å². The Hall–Kier alpha value is -3.04. The van der Waals surface area contributed by atoms with Gasteiger partial charge < -0.3 is 9.47 Å². The molecule has 0 saturated carbocycles. The molecule has 31 heavy (non-hydrogen) atoms. The number of hydrogen-bond acceptors (Lipinski definition) is 3. The fourth-order valence-electron chi connectivity index (χ4n) is 3.54. The van der Waals surface area contributed by atoms with Crippen molar-refractivity contribution in [1.29, 1.82) is 0 Å². The third-order valence-electron chi connectivity index (χ3n) is 5.31. The van der Waals surface area contributed by atoms with Gasteiger partial charge in [0, 0.05) is 44.3 Å². The zero-order valence-corrected chi connectivity index (χ0v) is 17.4. The highest BCUT2D eigenvalue weighted by Gasteiger charge is 2.30. The lowest BCUT2D eigenvalue weighted by molar-refractivity contribution is -0.131. The molecule has 2 heterocycles. The van der Waals surface area contributed by atoms with E-state index in [4.69, 9.17) is 0 Å². The van der Waals surface area contributed by atoms with E-state index in [-0.39, 0.29) is 43.4 Å². The number of carbonyl (C=O) groups is 1. The monoisotopic (exact) mass is 445 g/mol. The maximum Gasteiger partial charge on any atom is 0.243 e. The second kappa shape index (κ2) is 8.60. The van der Waals surface area contributed by atoms with E-state index >= 15 is 0 Å². The Morgan fingerprint density at radius 1 is 0.871 bits per heavy atom. The molecule has 4 rings (SSSR count). The summed E-state index contributed by atoms with van der Waals surface area (Å²) >= 11 is 0. The van der Waals surface area contributed by atoms with Gasteiger partial charge >= 0.3 is 0 Å². The van der Waals surface area contributed by atoms with Crippen LogP contribution in [-0.2, 0) is 21.2 Å². The van der Waals surface area contributed by atoms with Gasteiger partial charge in [-0.25, -0.2) is 17.2 Å². The Labute approximate surface area is 179 Å². The summed E-state index contributed by atoms with van der Waals surface area (Å²) < 4.78 is 55.1. The van der Waals surface area contributed by atoms with Crippen LogP contribution in [0.1, 0.15) is 5.56 Å². The normalized spacial score (nSPS) is 15.2. The van der Waals surface area contributed by atoms with Crippen LogP contribution in [0.25, 0.3) is 5.69 Å². The molecular weight excluding hydrogens is 424 g/mol. The molecule has 0 bridgehead atoms. The van der Waals surface area contributed by atoms with Crippen molar-refractivity contribution in [2.75, 3.05) is 26.2 Å². The lowest BCUT2D eigenvalue weighted by atomic mass is 10.1. The number of carbonyl (C=O) groups excluding carboxylic acids is 1. The fraction of sp³-hybridized carbons (Fsp3) is 0.227. The molecule has 0 unspecified atom stereocenters. The van der Waals surface area contributed by atoms with Crippen molar-refractivity contribution in [3.63, 3.8) is 0 Å². The first-order valence-corrected chi connectivity index (χ1v) is 11.2. The van der Waals surface area contributed by atoms with Gasteiger partial charge in [0.05, 0.1) is 11.3 Å². The van der Waals surface area contributed by atoms with Gasteiger partial charge in [0.2, 0.25) is 15.9 Å². The van der Waals surface area contributed by atoms with Gasteiger partial charge in [-0.3, -0.25) is 4.79 Å². The van der Waals surface area contributed by atoms with E-state index in [1.54, 1.807) is 4.90 Å². The van der Waals surface area contributed by atoms with Crippen LogP contribution in [0.3, 0.4) is 0 Å². The molecule has 1 fully saturated rings. The molecule has 162 valence electrons. The van der Waals surface area contributed by atoms with Crippen molar-refractivity contribution >= 4 is 15.9 Å². The minimum atomic E-state index is -3.95. The lowest BCUT2D eigenvalue weighted by Gasteiger charge is -2.34. The molecule has 1 saturated heterocycles. The van der Waals surface area contributed by atoms with Crippen LogP contribution in [-0.4, -0.2) is 54.3 Å². The number of nitrogens with zero attached hydrogens (tertiary/aromatic N) is 3. The average molecular weight is 445 g/mol. The van der Waals surface area contributed by atoms with Crippen LogP contribution in [0.5, 0.6) is 0 Å². The Balaban J connectivity index is 1.36. The van der Waals surface area contributed by atoms with Crippen molar-refractivity contribution in [3.05, 3.63) is 84.2 Å². The van der Waals surface area contributed by atoms with Gasteiger partial charge in [0.1, 0.15) is 0 Å². The van der Waals surface area contributed by atoms with Crippen molar-refractivity contribution in [1.82, 2.24) is 13.8 Å². The summed E-state index contributed by atoms with van der Waals surface area (Å²) in [6.07, 6.45) is 4.10. The third-order valence-corrected chi connectivity index (χ3v) is 7.21. The summed E-state index contributed by atoms with van der Waals surface area (Å²) in [6.45, 7) is 0.672. The molecule has 0 aliphatic carbocycles. The minimum Gasteiger partial charge on any atom is -0.340 e. The van der Waals surface area contributed by atoms with Crippen LogP contribution < -0.4 is 0 Å². The second-order valence-electron chi connectivity index (χ2n) is 7.29. The highest BCUT2D eigenvalue weighted by Crippen LogP contribution is 2.20. The Bertz CT molecular complexity index is 1170. The number of sulfonamides is 1. The number of halogens is 2. The smallest absolute Gasteiger partial charge is 0.243 e. The zero-order chi connectivity index (χ0) is 22.0. The van der Waals surface area contributed by atoms with E-state index in [2.05, 4.69) is 0 Å². The highest BCUT2D eigenvalue weighted by molar-refractivity contribution is 7.89. The van der Waals surface area contributed by atoms with E-state index in [0.717, 1.165) is 23.4 Å². The summed E-state index contributed by atoms with van der Waals surface area (Å²) in [7, 11) is -3.95. The molecule has 0 N–H and O–H groups in total. The predicted octanol–water partition coefficient (Wildman–Crippen LogP) is 2.83. The summed E-state index contributed by atoms with van der Waals surface area (Å²) in [5, 5.41) is 0. The molecule has 0 radical (unpaired) electrons. The van der Waals surface area contributed by atoms with Gasteiger partial charge in [-0.05, 0) is 48.0 Å². The molecule has 9 heteroatoms. The Kier molecular flexibility index (Phi) is 5.88. The van der Waals surface area contributed by atoms with E-state index in [0.29, 0.717) is 6.07 Å². The van der Waals surface area contributed by atoms with E-state index in [1.165, 1.54) is 4.31 Å². The van der Waals surface area contributed by atoms with Crippen molar-refractivity contribution < 1.29 is 22.0 Å². The number of hydrogen-bond donors (Lipinski definition) is 0. The zero-order valence-electron chi connectivity index (χ0n) is 16.6. The second-order valence-corrected chi connectivity index (χ2v) is 9.23. The molecule has 1 aromatic heterocycles. The standard InChI is InChI=1S/C22H21F2N3O3S/c23-20-8-7-19(16-21(20)24)31(29,30)27-13-11-26(12-14-27)22(28)15-17-3-5-18(6-4-17)25-9-1-2-10-25/h1-10,16H,11-15H2. The molecule has 6 nitrogen and oxygen atoms in total. The van der Waals surface area contributed by atoms with Crippen LogP contribution in [0.15, 0.2) is 71.9 Å². The molecule has 1 amide bonds.